The van der Waals surface area contributed by atoms with Gasteiger partial charge < -0.3 is 20.5 Å². The van der Waals surface area contributed by atoms with Crippen molar-refractivity contribution >= 4 is 29.4 Å². The van der Waals surface area contributed by atoms with E-state index >= 15 is 0 Å². The van der Waals surface area contributed by atoms with E-state index in [1.807, 2.05) is 99.6 Å². The molecule has 0 aliphatic carbocycles. The Labute approximate surface area is 286 Å². The maximum absolute atomic E-state index is 13.3. The lowest BCUT2D eigenvalue weighted by Crippen LogP contribution is -2.38. The molecule has 3 aromatic rings. The molecule has 0 aliphatic heterocycles. The highest BCUT2D eigenvalue weighted by Gasteiger charge is 2.41. The topological polar surface area (TPSA) is 108 Å². The van der Waals surface area contributed by atoms with Crippen molar-refractivity contribution in [1.29, 1.82) is 0 Å². The lowest BCUT2D eigenvalue weighted by atomic mass is 9.80. The first kappa shape index (κ1) is 41.1. The molecule has 0 heterocycles. The van der Waals surface area contributed by atoms with Gasteiger partial charge in [-0.15, -0.1) is 6.58 Å². The van der Waals surface area contributed by atoms with Crippen LogP contribution in [0.2, 0.25) is 5.02 Å². The number of carbonyl (C=O) groups is 3. The number of unbranched alkanes of at least 4 members (excludes halogenated alkanes) is 2. The van der Waals surface area contributed by atoms with Gasteiger partial charge in [-0.2, -0.15) is 0 Å². The molecule has 3 N–H and O–H groups in total. The molecule has 47 heavy (non-hydrogen) atoms. The van der Waals surface area contributed by atoms with E-state index in [9.17, 15) is 14.4 Å². The average Bonchev–Trinajstić information content (AvgIpc) is 3.06. The number of amides is 1. The van der Waals surface area contributed by atoms with Crippen LogP contribution in [0.15, 0.2) is 97.6 Å². The summed E-state index contributed by atoms with van der Waals surface area (Å²) in [7, 11) is 0. The Hall–Kier alpha value is -3.94. The van der Waals surface area contributed by atoms with E-state index in [2.05, 4.69) is 11.9 Å². The summed E-state index contributed by atoms with van der Waals surface area (Å²) in [5.74, 6) is -1.04. The molecule has 1 atom stereocenters. The summed E-state index contributed by atoms with van der Waals surface area (Å²) in [6.07, 6.45) is 4.33. The van der Waals surface area contributed by atoms with Gasteiger partial charge in [0.1, 0.15) is 11.6 Å². The van der Waals surface area contributed by atoms with Crippen LogP contribution in [0, 0.1) is 0 Å². The smallest absolute Gasteiger partial charge is 0.323 e. The van der Waals surface area contributed by atoms with Crippen molar-refractivity contribution in [2.24, 2.45) is 5.73 Å². The summed E-state index contributed by atoms with van der Waals surface area (Å²) in [5.41, 5.74) is 6.30. The minimum atomic E-state index is -1.22. The molecule has 0 aliphatic rings. The van der Waals surface area contributed by atoms with Crippen LogP contribution in [-0.4, -0.2) is 36.0 Å². The van der Waals surface area contributed by atoms with Crippen molar-refractivity contribution in [3.8, 4) is 0 Å². The van der Waals surface area contributed by atoms with Gasteiger partial charge in [-0.05, 0) is 53.0 Å². The fourth-order valence-corrected chi connectivity index (χ4v) is 4.90. The van der Waals surface area contributed by atoms with E-state index < -0.39 is 23.2 Å². The van der Waals surface area contributed by atoms with Gasteiger partial charge in [0.05, 0.1) is 0 Å². The van der Waals surface area contributed by atoms with Gasteiger partial charge in [0, 0.05) is 41.1 Å². The van der Waals surface area contributed by atoms with Crippen molar-refractivity contribution < 1.29 is 23.9 Å². The van der Waals surface area contributed by atoms with Crippen molar-refractivity contribution in [3.05, 3.63) is 119 Å². The number of benzene rings is 3. The van der Waals surface area contributed by atoms with Gasteiger partial charge in [-0.3, -0.25) is 14.4 Å². The normalized spacial score (nSPS) is 11.4. The minimum Gasteiger partial charge on any atom is -0.459 e. The third-order valence-corrected chi connectivity index (χ3v) is 6.98. The molecule has 0 spiro atoms. The van der Waals surface area contributed by atoms with Gasteiger partial charge in [0.2, 0.25) is 5.91 Å². The number of allylic oxidation sites excluding steroid dienone is 1. The number of nitrogens with one attached hydrogen (secondary N) is 1. The summed E-state index contributed by atoms with van der Waals surface area (Å²) in [5, 5.41) is 3.35. The number of rotatable bonds is 14. The Bertz CT molecular complexity index is 1320. The Morgan fingerprint density at radius 2 is 1.34 bits per heavy atom. The highest BCUT2D eigenvalue weighted by molar-refractivity contribution is 6.31. The Kier molecular flexibility index (Phi) is 19.0. The highest BCUT2D eigenvalue weighted by Crippen LogP contribution is 2.43. The van der Waals surface area contributed by atoms with E-state index in [4.69, 9.17) is 26.8 Å². The van der Waals surface area contributed by atoms with Crippen molar-refractivity contribution in [1.82, 2.24) is 5.32 Å². The fraction of sp³-hybridized carbons (Fsp3) is 0.410. The van der Waals surface area contributed by atoms with Crippen molar-refractivity contribution in [3.63, 3.8) is 0 Å². The third kappa shape index (κ3) is 14.2. The lowest BCUT2D eigenvalue weighted by molar-refractivity contribution is -0.157. The molecule has 0 aromatic heterocycles. The van der Waals surface area contributed by atoms with E-state index in [0.29, 0.717) is 30.0 Å². The maximum atomic E-state index is 13.3. The van der Waals surface area contributed by atoms with Crippen molar-refractivity contribution in [2.45, 2.75) is 97.3 Å². The second kappa shape index (κ2) is 21.8. The standard InChI is InChI=1S/C34H41ClN2O5.C3H6.C2H6/c1-33(2,3)42-32(40)29(36)22-23-30(38)37-24-14-6-11-21-31(39)41-34(25-15-7-4-8-16-25,26-17-9-5-10-18-26)27-19-12-13-20-28(27)35;1-3-2;1-2/h4-5,7-10,12-13,15-20,29H,6,11,14,21-24,36H2,1-3H3,(H,37,38);3H,1H2,2H3;1-2H3. The number of halogens is 1. The molecule has 3 aromatic carbocycles. The lowest BCUT2D eigenvalue weighted by Gasteiger charge is -2.36. The van der Waals surface area contributed by atoms with Crippen LogP contribution in [0.25, 0.3) is 0 Å². The number of esters is 2. The average molecular weight is 665 g/mol. The number of nitrogens with two attached hydrogens (primary N) is 1. The number of hydrogen-bond acceptors (Lipinski definition) is 6. The molecule has 1 amide bonds. The third-order valence-electron chi connectivity index (χ3n) is 6.65. The van der Waals surface area contributed by atoms with Crippen LogP contribution >= 0.6 is 11.6 Å². The van der Waals surface area contributed by atoms with Gasteiger partial charge in [0.25, 0.3) is 0 Å². The largest absolute Gasteiger partial charge is 0.459 e. The maximum Gasteiger partial charge on any atom is 0.323 e. The molecular formula is C39H53ClN2O5. The quantitative estimate of drug-likeness (QED) is 0.0774. The molecule has 7 nitrogen and oxygen atoms in total. The predicted octanol–water partition coefficient (Wildman–Crippen LogP) is 8.52. The van der Waals surface area contributed by atoms with Gasteiger partial charge >= 0.3 is 11.9 Å². The highest BCUT2D eigenvalue weighted by atomic mass is 35.5. The summed E-state index contributed by atoms with van der Waals surface area (Å²) < 4.78 is 11.6. The Morgan fingerprint density at radius 3 is 1.85 bits per heavy atom. The Morgan fingerprint density at radius 1 is 0.830 bits per heavy atom. The molecule has 8 heteroatoms. The number of carbonyl (C=O) groups excluding carboxylic acids is 3. The zero-order valence-electron chi connectivity index (χ0n) is 28.9. The first-order chi connectivity index (χ1) is 22.4. The number of hydrogen-bond donors (Lipinski definition) is 2. The molecule has 0 fully saturated rings. The Balaban J connectivity index is 0.00000208. The number of ether oxygens (including phenoxy) is 2. The van der Waals surface area contributed by atoms with Gasteiger partial charge in [0.15, 0.2) is 5.60 Å². The molecule has 256 valence electrons. The summed E-state index contributed by atoms with van der Waals surface area (Å²) in [6, 6.07) is 25.8. The fourth-order valence-electron chi connectivity index (χ4n) is 4.63. The van der Waals surface area contributed by atoms with E-state index in [1.54, 1.807) is 32.9 Å². The molecule has 1 unspecified atom stereocenters. The van der Waals surface area contributed by atoms with E-state index in [1.165, 1.54) is 0 Å². The van der Waals surface area contributed by atoms with Crippen LogP contribution in [0.3, 0.4) is 0 Å². The van der Waals surface area contributed by atoms with Crippen LogP contribution in [-0.2, 0) is 29.5 Å². The summed E-state index contributed by atoms with van der Waals surface area (Å²) >= 11 is 6.70. The summed E-state index contributed by atoms with van der Waals surface area (Å²) in [4.78, 5) is 37.5. The monoisotopic (exact) mass is 664 g/mol. The van der Waals surface area contributed by atoms with Gasteiger partial charge in [-0.25, -0.2) is 0 Å². The first-order valence-corrected chi connectivity index (χ1v) is 16.7. The zero-order chi connectivity index (χ0) is 35.3. The predicted molar refractivity (Wildman–Crippen MR) is 192 cm³/mol. The summed E-state index contributed by atoms with van der Waals surface area (Å²) in [6.45, 7) is 15.0. The second-order valence-corrected chi connectivity index (χ2v) is 12.0. The second-order valence-electron chi connectivity index (χ2n) is 11.6. The molecule has 0 bridgehead atoms. The zero-order valence-corrected chi connectivity index (χ0v) is 29.6. The van der Waals surface area contributed by atoms with Crippen molar-refractivity contribution in [2.75, 3.05) is 6.54 Å². The first-order valence-electron chi connectivity index (χ1n) is 16.3. The van der Waals surface area contributed by atoms with Crippen LogP contribution < -0.4 is 11.1 Å². The van der Waals surface area contributed by atoms with Crippen LogP contribution in [0.1, 0.15) is 96.8 Å². The van der Waals surface area contributed by atoms with Crippen LogP contribution in [0.4, 0.5) is 0 Å². The minimum absolute atomic E-state index is 0.135. The van der Waals surface area contributed by atoms with E-state index in [0.717, 1.165) is 17.5 Å². The molecular weight excluding hydrogens is 612 g/mol. The molecule has 0 saturated heterocycles. The van der Waals surface area contributed by atoms with Gasteiger partial charge in [-0.1, -0.05) is 117 Å². The molecule has 0 radical (unpaired) electrons. The van der Waals surface area contributed by atoms with Crippen LogP contribution in [0.5, 0.6) is 0 Å². The van der Waals surface area contributed by atoms with E-state index in [-0.39, 0.29) is 31.1 Å². The molecule has 0 saturated carbocycles. The molecule has 3 rings (SSSR count). The SMILES string of the molecule is C=CC.CC.CC(C)(C)OC(=O)C(N)CCC(=O)NCCCCCC(=O)OC(c1ccccc1)(c1ccccc1)c1ccccc1Cl.